The first-order valence-corrected chi connectivity index (χ1v) is 12.8. The van der Waals surface area contributed by atoms with Crippen LogP contribution < -0.4 is 4.72 Å². The maximum absolute atomic E-state index is 14.7. The summed E-state index contributed by atoms with van der Waals surface area (Å²) in [7, 11) is -3.86. The predicted octanol–water partition coefficient (Wildman–Crippen LogP) is 5.05. The van der Waals surface area contributed by atoms with Gasteiger partial charge in [0.1, 0.15) is 11.4 Å². The number of hydrogen-bond acceptors (Lipinski definition) is 5. The number of sulfonamides is 1. The van der Waals surface area contributed by atoms with Gasteiger partial charge in [-0.15, -0.1) is 0 Å². The van der Waals surface area contributed by atoms with E-state index in [0.29, 0.717) is 35.1 Å². The lowest BCUT2D eigenvalue weighted by molar-refractivity contribution is 0.0204. The molecule has 2 aromatic rings. The third-order valence-corrected chi connectivity index (χ3v) is 7.57. The van der Waals surface area contributed by atoms with Gasteiger partial charge in [-0.1, -0.05) is 17.7 Å². The van der Waals surface area contributed by atoms with Gasteiger partial charge in [0.15, 0.2) is 5.82 Å². The molecule has 1 saturated heterocycles. The number of halogens is 2. The highest BCUT2D eigenvalue weighted by Crippen LogP contribution is 2.36. The number of amides is 1. The van der Waals surface area contributed by atoms with E-state index in [4.69, 9.17) is 4.74 Å². The Kier molecular flexibility index (Phi) is 7.33. The molecule has 3 rings (SSSR count). The van der Waals surface area contributed by atoms with Crippen molar-refractivity contribution >= 4 is 44.5 Å². The van der Waals surface area contributed by atoms with Gasteiger partial charge in [0.25, 0.3) is 10.0 Å². The highest BCUT2D eigenvalue weighted by Gasteiger charge is 2.31. The number of piperidine rings is 1. The molecular weight excluding hydrogens is 548 g/mol. The number of anilines is 1. The van der Waals surface area contributed by atoms with Crippen molar-refractivity contribution in [3.63, 3.8) is 0 Å². The molecule has 0 saturated carbocycles. The first-order valence-electron chi connectivity index (χ1n) is 10.3. The molecule has 0 atom stereocenters. The van der Waals surface area contributed by atoms with Crippen LogP contribution in [-0.2, 0) is 14.8 Å². The molecule has 0 radical (unpaired) electrons. The summed E-state index contributed by atoms with van der Waals surface area (Å²) in [6.07, 6.45) is 1.75. The van der Waals surface area contributed by atoms with Crippen molar-refractivity contribution in [2.75, 3.05) is 17.8 Å². The van der Waals surface area contributed by atoms with E-state index in [2.05, 4.69) is 9.71 Å². The van der Waals surface area contributed by atoms with Crippen molar-refractivity contribution in [3.05, 3.63) is 51.0 Å². The van der Waals surface area contributed by atoms with Crippen LogP contribution in [0.25, 0.3) is 0 Å². The standard InChI is InChI=1S/C22H27FIN3O4S/c1-14-5-7-16(8-6-14)32(29,30)26-20-19(24)18(17(23)13-25-20)15-9-11-27(12-10-15)21(28)31-22(2,3)4/h5-8,13,15H,9-12H2,1-4H3,(H,25,26). The number of carbonyl (C=O) groups is 1. The van der Waals surface area contributed by atoms with Gasteiger partial charge in [-0.2, -0.15) is 0 Å². The topological polar surface area (TPSA) is 88.6 Å². The quantitative estimate of drug-likeness (QED) is 0.516. The largest absolute Gasteiger partial charge is 0.444 e. The molecule has 1 aromatic carbocycles. The van der Waals surface area contributed by atoms with Crippen molar-refractivity contribution in [2.45, 2.75) is 57.0 Å². The van der Waals surface area contributed by atoms with Crippen molar-refractivity contribution in [1.29, 1.82) is 0 Å². The summed E-state index contributed by atoms with van der Waals surface area (Å²) in [5.74, 6) is -0.549. The SMILES string of the molecule is Cc1ccc(S(=O)(=O)Nc2ncc(F)c(C3CCN(C(=O)OC(C)(C)C)CC3)c2I)cc1. The third kappa shape index (κ3) is 5.89. The number of nitrogens with one attached hydrogen (secondary N) is 1. The van der Waals surface area contributed by atoms with Gasteiger partial charge in [0.2, 0.25) is 0 Å². The number of rotatable bonds is 4. The van der Waals surface area contributed by atoms with E-state index in [0.717, 1.165) is 11.8 Å². The summed E-state index contributed by atoms with van der Waals surface area (Å²) < 4.78 is 48.6. The molecule has 0 aliphatic carbocycles. The summed E-state index contributed by atoms with van der Waals surface area (Å²) in [6, 6.07) is 6.45. The van der Waals surface area contributed by atoms with Crippen LogP contribution in [0, 0.1) is 16.3 Å². The van der Waals surface area contributed by atoms with Gasteiger partial charge in [0.05, 0.1) is 14.7 Å². The van der Waals surface area contributed by atoms with Crippen LogP contribution >= 0.6 is 22.6 Å². The maximum atomic E-state index is 14.7. The molecule has 0 spiro atoms. The first kappa shape index (κ1) is 24.7. The molecule has 10 heteroatoms. The van der Waals surface area contributed by atoms with E-state index in [1.165, 1.54) is 12.1 Å². The number of carbonyl (C=O) groups excluding carboxylic acids is 1. The Morgan fingerprint density at radius 3 is 2.38 bits per heavy atom. The summed E-state index contributed by atoms with van der Waals surface area (Å²) in [6.45, 7) is 8.17. The number of hydrogen-bond donors (Lipinski definition) is 1. The van der Waals surface area contributed by atoms with Crippen molar-refractivity contribution < 1.29 is 22.3 Å². The first-order chi connectivity index (χ1) is 14.9. The fraction of sp³-hybridized carbons (Fsp3) is 0.455. The fourth-order valence-corrected chi connectivity index (χ4v) is 5.68. The summed E-state index contributed by atoms with van der Waals surface area (Å²) in [5, 5.41) is 0. The number of ether oxygens (including phenoxy) is 1. The van der Waals surface area contributed by atoms with E-state index in [-0.39, 0.29) is 22.7 Å². The average molecular weight is 575 g/mol. The molecule has 1 amide bonds. The second kappa shape index (κ2) is 9.50. The van der Waals surface area contributed by atoms with Crippen molar-refractivity contribution in [3.8, 4) is 0 Å². The molecule has 32 heavy (non-hydrogen) atoms. The Bertz CT molecular complexity index is 1090. The van der Waals surface area contributed by atoms with Gasteiger partial charge < -0.3 is 9.64 Å². The Morgan fingerprint density at radius 1 is 1.22 bits per heavy atom. The number of pyridine rings is 1. The van der Waals surface area contributed by atoms with Crippen LogP contribution in [0.4, 0.5) is 15.0 Å². The highest BCUT2D eigenvalue weighted by molar-refractivity contribution is 14.1. The zero-order chi connectivity index (χ0) is 23.7. The van der Waals surface area contributed by atoms with Crippen LogP contribution in [0.5, 0.6) is 0 Å². The Hall–Kier alpha value is -1.95. The predicted molar refractivity (Wildman–Crippen MR) is 129 cm³/mol. The lowest BCUT2D eigenvalue weighted by Gasteiger charge is -2.34. The minimum Gasteiger partial charge on any atom is -0.444 e. The minimum atomic E-state index is -3.86. The summed E-state index contributed by atoms with van der Waals surface area (Å²) >= 11 is 1.94. The van der Waals surface area contributed by atoms with Gasteiger partial charge >= 0.3 is 6.09 Å². The maximum Gasteiger partial charge on any atom is 0.410 e. The van der Waals surface area contributed by atoms with Crippen LogP contribution in [0.1, 0.15) is 50.7 Å². The van der Waals surface area contributed by atoms with E-state index in [1.807, 2.05) is 50.3 Å². The molecular formula is C22H27FIN3O4S. The number of aromatic nitrogens is 1. The van der Waals surface area contributed by atoms with E-state index >= 15 is 0 Å². The van der Waals surface area contributed by atoms with Gasteiger partial charge in [-0.25, -0.2) is 22.6 Å². The van der Waals surface area contributed by atoms with E-state index in [1.54, 1.807) is 17.0 Å². The van der Waals surface area contributed by atoms with Crippen LogP contribution in [0.2, 0.25) is 0 Å². The molecule has 1 aliphatic heterocycles. The lowest BCUT2D eigenvalue weighted by atomic mass is 9.89. The molecule has 7 nitrogen and oxygen atoms in total. The second-order valence-corrected chi connectivity index (χ2v) is 11.6. The van der Waals surface area contributed by atoms with E-state index in [9.17, 15) is 17.6 Å². The third-order valence-electron chi connectivity index (χ3n) is 5.13. The Balaban J connectivity index is 1.77. The van der Waals surface area contributed by atoms with Gasteiger partial charge in [-0.05, 0) is 81.2 Å². The van der Waals surface area contributed by atoms with Crippen LogP contribution in [0.3, 0.4) is 0 Å². The molecule has 1 N–H and O–H groups in total. The number of likely N-dealkylation sites (tertiary alicyclic amines) is 1. The minimum absolute atomic E-state index is 0.0946. The monoisotopic (exact) mass is 575 g/mol. The second-order valence-electron chi connectivity index (χ2n) is 8.84. The molecule has 1 aromatic heterocycles. The normalized spacial score (nSPS) is 15.5. The Labute approximate surface area is 201 Å². The number of nitrogens with zero attached hydrogens (tertiary/aromatic N) is 2. The van der Waals surface area contributed by atoms with Gasteiger partial charge in [-0.3, -0.25) is 4.72 Å². The smallest absolute Gasteiger partial charge is 0.410 e. The summed E-state index contributed by atoms with van der Waals surface area (Å²) in [4.78, 5) is 18.0. The lowest BCUT2D eigenvalue weighted by Crippen LogP contribution is -2.41. The fourth-order valence-electron chi connectivity index (χ4n) is 3.51. The zero-order valence-corrected chi connectivity index (χ0v) is 21.5. The molecule has 0 unspecified atom stereocenters. The van der Waals surface area contributed by atoms with Crippen LogP contribution in [-0.4, -0.2) is 43.1 Å². The Morgan fingerprint density at radius 2 is 1.81 bits per heavy atom. The molecule has 1 aliphatic rings. The average Bonchev–Trinajstić information content (AvgIpc) is 2.70. The molecule has 1 fully saturated rings. The number of aryl methyl sites for hydroxylation is 1. The van der Waals surface area contributed by atoms with Gasteiger partial charge in [0, 0.05) is 18.7 Å². The number of benzene rings is 1. The summed E-state index contributed by atoms with van der Waals surface area (Å²) in [5.41, 5.74) is 0.786. The van der Waals surface area contributed by atoms with Crippen molar-refractivity contribution in [2.24, 2.45) is 0 Å². The molecule has 174 valence electrons. The van der Waals surface area contributed by atoms with Crippen molar-refractivity contribution in [1.82, 2.24) is 9.88 Å². The molecule has 2 heterocycles. The zero-order valence-electron chi connectivity index (χ0n) is 18.5. The highest BCUT2D eigenvalue weighted by atomic mass is 127. The molecule has 0 bridgehead atoms. The van der Waals surface area contributed by atoms with Crippen LogP contribution in [0.15, 0.2) is 35.4 Å². The van der Waals surface area contributed by atoms with E-state index < -0.39 is 21.4 Å².